The Bertz CT molecular complexity index is 610. The molecule has 2 rings (SSSR count). The Morgan fingerprint density at radius 1 is 1.33 bits per heavy atom. The second-order valence-electron chi connectivity index (χ2n) is 5.26. The number of nitrogens with zero attached hydrogens (tertiary/aromatic N) is 4. The fourth-order valence-electron chi connectivity index (χ4n) is 2.22. The summed E-state index contributed by atoms with van der Waals surface area (Å²) in [5.41, 5.74) is 5.56. The van der Waals surface area contributed by atoms with Crippen LogP contribution in [-0.4, -0.2) is 65.3 Å². The SMILES string of the molecule is Cc1nc(S(=O)(=O)N2CCN(C(=O)[C@@H](C)N)CC2)cn1C. The second-order valence-corrected chi connectivity index (χ2v) is 7.14. The Labute approximate surface area is 124 Å². The molecule has 8 nitrogen and oxygen atoms in total. The summed E-state index contributed by atoms with van der Waals surface area (Å²) < 4.78 is 28.0. The molecule has 1 aromatic heterocycles. The van der Waals surface area contributed by atoms with Crippen molar-refractivity contribution in [3.8, 4) is 0 Å². The van der Waals surface area contributed by atoms with Gasteiger partial charge in [0.05, 0.1) is 6.04 Å². The van der Waals surface area contributed by atoms with Crippen molar-refractivity contribution in [2.75, 3.05) is 26.2 Å². The van der Waals surface area contributed by atoms with E-state index in [1.807, 2.05) is 0 Å². The summed E-state index contributed by atoms with van der Waals surface area (Å²) in [5.74, 6) is 0.486. The Hall–Kier alpha value is -1.45. The van der Waals surface area contributed by atoms with E-state index in [0.29, 0.717) is 18.9 Å². The maximum atomic E-state index is 12.5. The minimum absolute atomic E-state index is 0.0504. The number of carbonyl (C=O) groups excluding carboxylic acids is 1. The highest BCUT2D eigenvalue weighted by Gasteiger charge is 2.32. The third kappa shape index (κ3) is 3.09. The van der Waals surface area contributed by atoms with E-state index in [-0.39, 0.29) is 24.0 Å². The van der Waals surface area contributed by atoms with E-state index in [4.69, 9.17) is 5.73 Å². The van der Waals surface area contributed by atoms with Crippen LogP contribution < -0.4 is 5.73 Å². The maximum Gasteiger partial charge on any atom is 0.262 e. The highest BCUT2D eigenvalue weighted by molar-refractivity contribution is 7.89. The average molecular weight is 315 g/mol. The van der Waals surface area contributed by atoms with E-state index in [0.717, 1.165) is 0 Å². The largest absolute Gasteiger partial charge is 0.339 e. The van der Waals surface area contributed by atoms with E-state index >= 15 is 0 Å². The van der Waals surface area contributed by atoms with Crippen molar-refractivity contribution in [2.24, 2.45) is 12.8 Å². The van der Waals surface area contributed by atoms with Crippen LogP contribution in [0.2, 0.25) is 0 Å². The third-order valence-electron chi connectivity index (χ3n) is 3.63. The molecule has 0 aromatic carbocycles. The molecule has 9 heteroatoms. The summed E-state index contributed by atoms with van der Waals surface area (Å²) in [7, 11) is -1.85. The molecule has 0 unspecified atom stereocenters. The molecule has 0 saturated carbocycles. The zero-order valence-electron chi connectivity index (χ0n) is 12.5. The van der Waals surface area contributed by atoms with E-state index < -0.39 is 16.1 Å². The molecule has 1 atom stereocenters. The highest BCUT2D eigenvalue weighted by atomic mass is 32.2. The first-order chi connectivity index (χ1) is 9.73. The molecule has 2 heterocycles. The lowest BCUT2D eigenvalue weighted by Gasteiger charge is -2.34. The van der Waals surface area contributed by atoms with Crippen molar-refractivity contribution in [1.29, 1.82) is 0 Å². The molecule has 1 aliphatic rings. The number of nitrogens with two attached hydrogens (primary N) is 1. The van der Waals surface area contributed by atoms with Gasteiger partial charge in [-0.2, -0.15) is 4.31 Å². The van der Waals surface area contributed by atoms with Crippen molar-refractivity contribution in [3.05, 3.63) is 12.0 Å². The fourth-order valence-corrected chi connectivity index (χ4v) is 3.67. The van der Waals surface area contributed by atoms with Crippen LogP contribution in [-0.2, 0) is 21.9 Å². The standard InChI is InChI=1S/C12H21N5O3S/c1-9(13)12(18)16-4-6-17(7-5-16)21(19,20)11-8-15(3)10(2)14-11/h8-9H,4-7,13H2,1-3H3/t9-/m1/s1. The number of hydrogen-bond donors (Lipinski definition) is 1. The Kier molecular flexibility index (Phi) is 4.35. The van der Waals surface area contributed by atoms with Crippen molar-refractivity contribution in [3.63, 3.8) is 0 Å². The third-order valence-corrected chi connectivity index (χ3v) is 5.40. The number of aryl methyl sites for hydroxylation is 2. The van der Waals surface area contributed by atoms with Crippen molar-refractivity contribution < 1.29 is 13.2 Å². The zero-order chi connectivity index (χ0) is 15.8. The van der Waals surface area contributed by atoms with Crippen LogP contribution in [0.4, 0.5) is 0 Å². The summed E-state index contributed by atoms with van der Waals surface area (Å²) in [6.07, 6.45) is 1.50. The lowest BCUT2D eigenvalue weighted by atomic mass is 10.2. The molecule has 2 N–H and O–H groups in total. The maximum absolute atomic E-state index is 12.5. The van der Waals surface area contributed by atoms with E-state index in [2.05, 4.69) is 4.98 Å². The second kappa shape index (κ2) is 5.74. The minimum Gasteiger partial charge on any atom is -0.339 e. The first kappa shape index (κ1) is 15.9. The predicted octanol–water partition coefficient (Wildman–Crippen LogP) is -1.09. The number of piperazine rings is 1. The summed E-state index contributed by atoms with van der Waals surface area (Å²) in [4.78, 5) is 17.5. The smallest absolute Gasteiger partial charge is 0.262 e. The van der Waals surface area contributed by atoms with Gasteiger partial charge in [0.2, 0.25) is 5.91 Å². The van der Waals surface area contributed by atoms with Crippen molar-refractivity contribution in [1.82, 2.24) is 18.8 Å². The van der Waals surface area contributed by atoms with E-state index in [1.165, 1.54) is 10.5 Å². The summed E-state index contributed by atoms with van der Waals surface area (Å²) in [6, 6.07) is -0.563. The first-order valence-corrected chi connectivity index (χ1v) is 8.22. The molecule has 0 radical (unpaired) electrons. The number of aromatic nitrogens is 2. The lowest BCUT2D eigenvalue weighted by molar-refractivity contribution is -0.133. The molecule has 1 saturated heterocycles. The van der Waals surface area contributed by atoms with Gasteiger partial charge < -0.3 is 15.2 Å². The van der Waals surface area contributed by atoms with Gasteiger partial charge in [0, 0.05) is 39.4 Å². The van der Waals surface area contributed by atoms with E-state index in [9.17, 15) is 13.2 Å². The van der Waals surface area contributed by atoms with Crippen LogP contribution in [0, 0.1) is 6.92 Å². The number of carbonyl (C=O) groups is 1. The Morgan fingerprint density at radius 3 is 2.33 bits per heavy atom. The quantitative estimate of drug-likeness (QED) is 0.763. The molecule has 1 amide bonds. The van der Waals surface area contributed by atoms with Crippen LogP contribution in [0.15, 0.2) is 11.2 Å². The Morgan fingerprint density at radius 2 is 1.90 bits per heavy atom. The molecule has 1 aliphatic heterocycles. The average Bonchev–Trinajstić information content (AvgIpc) is 2.78. The van der Waals surface area contributed by atoms with Crippen LogP contribution in [0.25, 0.3) is 0 Å². The molecule has 118 valence electrons. The molecule has 21 heavy (non-hydrogen) atoms. The number of imidazole rings is 1. The van der Waals surface area contributed by atoms with Gasteiger partial charge in [-0.3, -0.25) is 4.79 Å². The van der Waals surface area contributed by atoms with Gasteiger partial charge in [0.25, 0.3) is 10.0 Å². The predicted molar refractivity (Wildman–Crippen MR) is 76.9 cm³/mol. The molecule has 1 fully saturated rings. The lowest BCUT2D eigenvalue weighted by Crippen LogP contribution is -2.53. The van der Waals surface area contributed by atoms with Crippen LogP contribution in [0.5, 0.6) is 0 Å². The molecule has 0 spiro atoms. The van der Waals surface area contributed by atoms with Gasteiger partial charge in [-0.15, -0.1) is 0 Å². The topological polar surface area (TPSA) is 102 Å². The number of hydrogen-bond acceptors (Lipinski definition) is 5. The fraction of sp³-hybridized carbons (Fsp3) is 0.667. The number of rotatable bonds is 3. The normalized spacial score (nSPS) is 18.8. The van der Waals surface area contributed by atoms with Gasteiger partial charge in [-0.25, -0.2) is 13.4 Å². The zero-order valence-corrected chi connectivity index (χ0v) is 13.3. The molecule has 0 bridgehead atoms. The first-order valence-electron chi connectivity index (χ1n) is 6.78. The van der Waals surface area contributed by atoms with Gasteiger partial charge in [0.1, 0.15) is 5.82 Å². The van der Waals surface area contributed by atoms with Crippen LogP contribution in [0.1, 0.15) is 12.7 Å². The monoisotopic (exact) mass is 315 g/mol. The summed E-state index contributed by atoms with van der Waals surface area (Å²) in [6.45, 7) is 4.60. The number of sulfonamides is 1. The van der Waals surface area contributed by atoms with Gasteiger partial charge in [-0.1, -0.05) is 0 Å². The summed E-state index contributed by atoms with van der Waals surface area (Å²) in [5, 5.41) is 0.0504. The summed E-state index contributed by atoms with van der Waals surface area (Å²) >= 11 is 0. The van der Waals surface area contributed by atoms with Gasteiger partial charge in [0.15, 0.2) is 5.03 Å². The van der Waals surface area contributed by atoms with E-state index in [1.54, 1.807) is 30.4 Å². The van der Waals surface area contributed by atoms with Crippen LogP contribution >= 0.6 is 0 Å². The van der Waals surface area contributed by atoms with Gasteiger partial charge in [-0.05, 0) is 13.8 Å². The highest BCUT2D eigenvalue weighted by Crippen LogP contribution is 2.17. The number of amides is 1. The minimum atomic E-state index is -3.60. The van der Waals surface area contributed by atoms with Gasteiger partial charge >= 0.3 is 0 Å². The van der Waals surface area contributed by atoms with Crippen molar-refractivity contribution in [2.45, 2.75) is 24.9 Å². The van der Waals surface area contributed by atoms with Crippen LogP contribution in [0.3, 0.4) is 0 Å². The van der Waals surface area contributed by atoms with Crippen molar-refractivity contribution >= 4 is 15.9 Å². The Balaban J connectivity index is 2.09. The molecular weight excluding hydrogens is 294 g/mol. The molecule has 1 aromatic rings. The molecule has 0 aliphatic carbocycles. The molecular formula is C12H21N5O3S.